The normalized spacial score (nSPS) is 14.7. The zero-order valence-corrected chi connectivity index (χ0v) is 12.0. The smallest absolute Gasteiger partial charge is 0.325 e. The summed E-state index contributed by atoms with van der Waals surface area (Å²) in [5.74, 6) is 0.172. The highest BCUT2D eigenvalue weighted by molar-refractivity contribution is 5.75. The molecule has 0 bridgehead atoms. The number of H-pyrrole nitrogens is 1. The Balaban J connectivity index is 1.91. The van der Waals surface area contributed by atoms with E-state index in [1.807, 2.05) is 0 Å². The molecule has 1 aliphatic rings. The molecule has 7 nitrogen and oxygen atoms in total. The van der Waals surface area contributed by atoms with E-state index in [2.05, 4.69) is 9.97 Å². The average Bonchev–Trinajstić information content (AvgIpc) is 3.14. The van der Waals surface area contributed by atoms with E-state index >= 15 is 0 Å². The van der Waals surface area contributed by atoms with Gasteiger partial charge in [0, 0.05) is 19.0 Å². The molecular weight excluding hydrogens is 272 g/mol. The summed E-state index contributed by atoms with van der Waals surface area (Å²) < 4.78 is 3.36. The summed E-state index contributed by atoms with van der Waals surface area (Å²) >= 11 is 0. The van der Waals surface area contributed by atoms with Gasteiger partial charge < -0.3 is 9.36 Å². The highest BCUT2D eigenvalue weighted by atomic mass is 16.2. The minimum atomic E-state index is -0.393. The van der Waals surface area contributed by atoms with E-state index < -0.39 is 5.56 Å². The SMILES string of the molecule is CC(=O)CCCCn1cnc2c1c(=O)[nH]c(=O)n2C1CC1. The first-order chi connectivity index (χ1) is 10.1. The molecule has 0 amide bonds. The zero-order valence-electron chi connectivity index (χ0n) is 12.0. The fourth-order valence-electron chi connectivity index (χ4n) is 2.59. The van der Waals surface area contributed by atoms with Gasteiger partial charge in [-0.2, -0.15) is 0 Å². The molecule has 0 spiro atoms. The molecule has 7 heteroatoms. The summed E-state index contributed by atoms with van der Waals surface area (Å²) in [4.78, 5) is 41.5. The van der Waals surface area contributed by atoms with Crippen LogP contribution in [0.3, 0.4) is 0 Å². The van der Waals surface area contributed by atoms with E-state index in [1.54, 1.807) is 22.4 Å². The lowest BCUT2D eigenvalue weighted by molar-refractivity contribution is -0.117. The number of nitrogens with one attached hydrogen (secondary N) is 1. The van der Waals surface area contributed by atoms with Crippen LogP contribution in [0.4, 0.5) is 0 Å². The molecule has 2 aromatic heterocycles. The molecule has 0 aliphatic heterocycles. The lowest BCUT2D eigenvalue weighted by Crippen LogP contribution is -2.30. The molecule has 1 fully saturated rings. The monoisotopic (exact) mass is 290 g/mol. The predicted octanol–water partition coefficient (Wildman–Crippen LogP) is 0.980. The van der Waals surface area contributed by atoms with Gasteiger partial charge in [-0.25, -0.2) is 9.78 Å². The number of hydrogen-bond acceptors (Lipinski definition) is 4. The van der Waals surface area contributed by atoms with Gasteiger partial charge in [-0.1, -0.05) is 0 Å². The fourth-order valence-corrected chi connectivity index (χ4v) is 2.59. The van der Waals surface area contributed by atoms with Crippen molar-refractivity contribution < 1.29 is 4.79 Å². The number of unbranched alkanes of at least 4 members (excludes halogenated alkanes) is 1. The number of imidazole rings is 1. The van der Waals surface area contributed by atoms with Crippen molar-refractivity contribution in [3.63, 3.8) is 0 Å². The lowest BCUT2D eigenvalue weighted by atomic mass is 10.2. The van der Waals surface area contributed by atoms with Crippen molar-refractivity contribution in [3.8, 4) is 0 Å². The number of ketones is 1. The Morgan fingerprint density at radius 3 is 2.81 bits per heavy atom. The number of carbonyl (C=O) groups is 1. The number of aromatic nitrogens is 4. The van der Waals surface area contributed by atoms with Gasteiger partial charge in [-0.05, 0) is 32.6 Å². The molecule has 1 aliphatic carbocycles. The van der Waals surface area contributed by atoms with E-state index in [4.69, 9.17) is 0 Å². The third-order valence-electron chi connectivity index (χ3n) is 3.79. The van der Waals surface area contributed by atoms with Crippen LogP contribution in [0, 0.1) is 0 Å². The second kappa shape index (κ2) is 5.31. The Labute approximate surface area is 120 Å². The Morgan fingerprint density at radius 1 is 1.38 bits per heavy atom. The van der Waals surface area contributed by atoms with Crippen LogP contribution in [0.15, 0.2) is 15.9 Å². The second-order valence-electron chi connectivity index (χ2n) is 5.63. The van der Waals surface area contributed by atoms with Gasteiger partial charge in [0.1, 0.15) is 5.78 Å². The molecule has 0 aromatic carbocycles. The van der Waals surface area contributed by atoms with Crippen molar-refractivity contribution in [2.45, 2.75) is 51.6 Å². The van der Waals surface area contributed by atoms with E-state index in [0.29, 0.717) is 24.1 Å². The van der Waals surface area contributed by atoms with Crippen LogP contribution in [0.1, 0.15) is 45.1 Å². The quantitative estimate of drug-likeness (QED) is 0.803. The molecule has 0 atom stereocenters. The number of nitrogens with zero attached hydrogens (tertiary/aromatic N) is 3. The van der Waals surface area contributed by atoms with E-state index in [-0.39, 0.29) is 17.5 Å². The summed E-state index contributed by atoms with van der Waals surface area (Å²) in [5, 5.41) is 0. The first-order valence-electron chi connectivity index (χ1n) is 7.27. The minimum Gasteiger partial charge on any atom is -0.325 e. The minimum absolute atomic E-state index is 0.165. The van der Waals surface area contributed by atoms with Crippen LogP contribution in [-0.2, 0) is 11.3 Å². The van der Waals surface area contributed by atoms with E-state index in [0.717, 1.165) is 25.7 Å². The second-order valence-corrected chi connectivity index (χ2v) is 5.63. The number of Topliss-reactive ketones (excluding diaryl/α,β-unsaturated/α-hetero) is 1. The first-order valence-corrected chi connectivity index (χ1v) is 7.27. The molecule has 2 aromatic rings. The van der Waals surface area contributed by atoms with Crippen LogP contribution in [0.2, 0.25) is 0 Å². The van der Waals surface area contributed by atoms with Crippen molar-refractivity contribution in [2.24, 2.45) is 0 Å². The van der Waals surface area contributed by atoms with Gasteiger partial charge in [-0.15, -0.1) is 0 Å². The topological polar surface area (TPSA) is 89.8 Å². The maximum absolute atomic E-state index is 12.0. The van der Waals surface area contributed by atoms with Crippen LogP contribution < -0.4 is 11.2 Å². The molecule has 0 unspecified atom stereocenters. The van der Waals surface area contributed by atoms with E-state index in [1.165, 1.54) is 0 Å². The highest BCUT2D eigenvalue weighted by Crippen LogP contribution is 2.34. The zero-order chi connectivity index (χ0) is 15.0. The Hall–Kier alpha value is -2.18. The molecule has 1 saturated carbocycles. The van der Waals surface area contributed by atoms with Crippen molar-refractivity contribution in [2.75, 3.05) is 0 Å². The van der Waals surface area contributed by atoms with Gasteiger partial charge in [-0.3, -0.25) is 14.3 Å². The molecule has 1 N–H and O–H groups in total. The fraction of sp³-hybridized carbons (Fsp3) is 0.571. The van der Waals surface area contributed by atoms with Crippen LogP contribution in [-0.4, -0.2) is 24.9 Å². The van der Waals surface area contributed by atoms with Crippen molar-refractivity contribution in [1.82, 2.24) is 19.1 Å². The Kier molecular flexibility index (Phi) is 3.48. The number of fused-ring (bicyclic) bond motifs is 1. The lowest BCUT2D eigenvalue weighted by Gasteiger charge is -2.06. The van der Waals surface area contributed by atoms with Crippen LogP contribution in [0.25, 0.3) is 11.2 Å². The Bertz CT molecular complexity index is 795. The maximum atomic E-state index is 12.0. The van der Waals surface area contributed by atoms with Crippen molar-refractivity contribution >= 4 is 16.9 Å². The summed E-state index contributed by atoms with van der Waals surface area (Å²) in [5.41, 5.74) is 0.148. The molecule has 3 rings (SSSR count). The number of rotatable bonds is 6. The number of aryl methyl sites for hydroxylation is 1. The van der Waals surface area contributed by atoms with Crippen molar-refractivity contribution in [1.29, 1.82) is 0 Å². The average molecular weight is 290 g/mol. The van der Waals surface area contributed by atoms with Gasteiger partial charge >= 0.3 is 5.69 Å². The van der Waals surface area contributed by atoms with Gasteiger partial charge in [0.25, 0.3) is 5.56 Å². The molecule has 0 radical (unpaired) electrons. The largest absolute Gasteiger partial charge is 0.330 e. The van der Waals surface area contributed by atoms with E-state index in [9.17, 15) is 14.4 Å². The number of aromatic amines is 1. The predicted molar refractivity (Wildman–Crippen MR) is 77.4 cm³/mol. The molecule has 0 saturated heterocycles. The standard InChI is InChI=1S/C14H18N4O3/c1-9(19)4-2-3-7-17-8-15-12-11(17)13(20)16-14(21)18(12)10-5-6-10/h8,10H,2-7H2,1H3,(H,16,20,21). The van der Waals surface area contributed by atoms with Gasteiger partial charge in [0.2, 0.25) is 0 Å². The van der Waals surface area contributed by atoms with Gasteiger partial charge in [0.15, 0.2) is 11.2 Å². The Morgan fingerprint density at radius 2 is 2.14 bits per heavy atom. The molecule has 2 heterocycles. The number of hydrogen-bond donors (Lipinski definition) is 1. The van der Waals surface area contributed by atoms with Crippen molar-refractivity contribution in [3.05, 3.63) is 27.2 Å². The maximum Gasteiger partial charge on any atom is 0.330 e. The number of carbonyl (C=O) groups excluding carboxylic acids is 1. The summed E-state index contributed by atoms with van der Waals surface area (Å²) in [6, 6.07) is 0.165. The third-order valence-corrected chi connectivity index (χ3v) is 3.79. The molecule has 112 valence electrons. The summed E-state index contributed by atoms with van der Waals surface area (Å²) in [6.45, 7) is 2.20. The highest BCUT2D eigenvalue weighted by Gasteiger charge is 2.28. The molecule has 21 heavy (non-hydrogen) atoms. The summed E-state index contributed by atoms with van der Waals surface area (Å²) in [7, 11) is 0. The van der Waals surface area contributed by atoms with Crippen LogP contribution in [0.5, 0.6) is 0 Å². The molecular formula is C14H18N4O3. The first kappa shape index (κ1) is 13.8. The van der Waals surface area contributed by atoms with Gasteiger partial charge in [0.05, 0.1) is 6.33 Å². The summed E-state index contributed by atoms with van der Waals surface area (Å²) in [6.07, 6.45) is 5.64. The third kappa shape index (κ3) is 2.68. The van der Waals surface area contributed by atoms with Crippen LogP contribution >= 0.6 is 0 Å².